The second-order valence-corrected chi connectivity index (χ2v) is 11.5. The van der Waals surface area contributed by atoms with Crippen LogP contribution in [0.1, 0.15) is 38.1 Å². The number of hydrogen-bond donors (Lipinski definition) is 1. The highest BCUT2D eigenvalue weighted by molar-refractivity contribution is 7.12. The number of carbonyl (C=O) groups is 3. The molecule has 9 heteroatoms. The van der Waals surface area contributed by atoms with Crippen LogP contribution in [-0.4, -0.2) is 34.5 Å². The molecule has 1 aromatic heterocycles. The zero-order chi connectivity index (χ0) is 28.5. The predicted molar refractivity (Wildman–Crippen MR) is 156 cm³/mol. The van der Waals surface area contributed by atoms with Crippen molar-refractivity contribution >= 4 is 51.4 Å². The highest BCUT2D eigenvalue weighted by atomic mass is 32.1. The minimum Gasteiger partial charge on any atom is -0.352 e. The van der Waals surface area contributed by atoms with E-state index in [-0.39, 0.29) is 28.7 Å². The number of allylic oxidation sites excluding steroid dienone is 1. The number of fused-ring (bicyclic) bond motifs is 6. The van der Waals surface area contributed by atoms with E-state index in [1.54, 1.807) is 17.5 Å². The Morgan fingerprint density at radius 2 is 1.68 bits per heavy atom. The Kier molecular flexibility index (Phi) is 5.55. The first kappa shape index (κ1) is 25.1. The SMILES string of the molecule is CC1=C[C@@H]2N(c3ccccc31)[C@@H](C(=O)c1ccc([N+](=O)[O-])cc1)[C@H](C(=O)c1cccs1)[C@@]21C(=O)Nc2ccccc21. The molecule has 1 amide bonds. The molecular formula is C32H23N3O5S. The largest absolute Gasteiger partial charge is 0.352 e. The molecule has 1 spiro atoms. The molecule has 202 valence electrons. The number of benzene rings is 3. The van der Waals surface area contributed by atoms with Crippen molar-refractivity contribution in [3.05, 3.63) is 128 Å². The van der Waals surface area contributed by atoms with Gasteiger partial charge in [-0.3, -0.25) is 24.5 Å². The highest BCUT2D eigenvalue weighted by Crippen LogP contribution is 2.59. The molecular weight excluding hydrogens is 538 g/mol. The fraction of sp³-hybridized carbons (Fsp3) is 0.156. The normalized spacial score (nSPS) is 23.8. The summed E-state index contributed by atoms with van der Waals surface area (Å²) in [6.07, 6.45) is 2.00. The number of nitrogens with one attached hydrogen (secondary N) is 1. The van der Waals surface area contributed by atoms with Crippen molar-refractivity contribution in [3.63, 3.8) is 0 Å². The number of rotatable bonds is 5. The Bertz CT molecular complexity index is 1800. The molecule has 0 radical (unpaired) electrons. The number of nitrogens with zero attached hydrogens (tertiary/aromatic N) is 2. The van der Waals surface area contributed by atoms with Crippen LogP contribution >= 0.6 is 11.3 Å². The fourth-order valence-electron chi connectivity index (χ4n) is 6.88. The van der Waals surface area contributed by atoms with Gasteiger partial charge < -0.3 is 10.2 Å². The van der Waals surface area contributed by atoms with E-state index in [1.807, 2.05) is 66.4 Å². The van der Waals surface area contributed by atoms with Gasteiger partial charge in [-0.15, -0.1) is 11.3 Å². The minimum absolute atomic E-state index is 0.139. The Morgan fingerprint density at radius 1 is 0.951 bits per heavy atom. The van der Waals surface area contributed by atoms with E-state index in [0.717, 1.165) is 16.8 Å². The van der Waals surface area contributed by atoms with Gasteiger partial charge in [0.05, 0.1) is 21.8 Å². The van der Waals surface area contributed by atoms with Crippen molar-refractivity contribution in [2.45, 2.75) is 24.4 Å². The van der Waals surface area contributed by atoms with Crippen molar-refractivity contribution < 1.29 is 19.3 Å². The fourth-order valence-corrected chi connectivity index (χ4v) is 7.58. The van der Waals surface area contributed by atoms with Crippen LogP contribution in [-0.2, 0) is 10.2 Å². The van der Waals surface area contributed by atoms with Crippen LogP contribution in [0.3, 0.4) is 0 Å². The van der Waals surface area contributed by atoms with Gasteiger partial charge in [-0.25, -0.2) is 0 Å². The lowest BCUT2D eigenvalue weighted by molar-refractivity contribution is -0.384. The third-order valence-electron chi connectivity index (χ3n) is 8.56. The van der Waals surface area contributed by atoms with Gasteiger partial charge in [0.15, 0.2) is 11.6 Å². The summed E-state index contributed by atoms with van der Waals surface area (Å²) in [5.74, 6) is -2.07. The third-order valence-corrected chi connectivity index (χ3v) is 9.45. The third kappa shape index (κ3) is 3.42. The smallest absolute Gasteiger partial charge is 0.269 e. The monoisotopic (exact) mass is 561 g/mol. The molecule has 0 saturated carbocycles. The van der Waals surface area contributed by atoms with Gasteiger partial charge in [-0.1, -0.05) is 48.5 Å². The number of non-ortho nitro benzene ring substituents is 1. The summed E-state index contributed by atoms with van der Waals surface area (Å²) >= 11 is 1.28. The average Bonchev–Trinajstić information content (AvgIpc) is 3.70. The van der Waals surface area contributed by atoms with Gasteiger partial charge >= 0.3 is 0 Å². The van der Waals surface area contributed by atoms with E-state index in [2.05, 4.69) is 5.32 Å². The van der Waals surface area contributed by atoms with Gasteiger partial charge in [-0.2, -0.15) is 0 Å². The molecule has 41 heavy (non-hydrogen) atoms. The topological polar surface area (TPSA) is 110 Å². The number of thiophene rings is 1. The lowest BCUT2D eigenvalue weighted by atomic mass is 9.64. The minimum atomic E-state index is -1.40. The Labute approximate surface area is 239 Å². The first-order valence-electron chi connectivity index (χ1n) is 13.2. The van der Waals surface area contributed by atoms with E-state index in [1.165, 1.54) is 35.6 Å². The van der Waals surface area contributed by atoms with Crippen molar-refractivity contribution in [3.8, 4) is 0 Å². The summed E-state index contributed by atoms with van der Waals surface area (Å²) in [6.45, 7) is 1.98. The second kappa shape index (κ2) is 9.07. The second-order valence-electron chi connectivity index (χ2n) is 10.5. The maximum absolute atomic E-state index is 14.6. The van der Waals surface area contributed by atoms with Crippen LogP contribution < -0.4 is 10.2 Å². The summed E-state index contributed by atoms with van der Waals surface area (Å²) < 4.78 is 0. The van der Waals surface area contributed by atoms with Gasteiger partial charge in [0.25, 0.3) is 5.69 Å². The molecule has 3 aliphatic rings. The molecule has 4 atom stereocenters. The number of ketones is 2. The molecule has 1 saturated heterocycles. The predicted octanol–water partition coefficient (Wildman–Crippen LogP) is 5.90. The number of amides is 1. The number of nitro groups is 1. The number of nitro benzene ring substituents is 1. The maximum atomic E-state index is 14.6. The molecule has 0 bridgehead atoms. The van der Waals surface area contributed by atoms with Gasteiger partial charge in [0.2, 0.25) is 5.91 Å². The van der Waals surface area contributed by atoms with Crippen LogP contribution in [0.5, 0.6) is 0 Å². The van der Waals surface area contributed by atoms with Crippen LogP contribution in [0, 0.1) is 16.0 Å². The quantitative estimate of drug-likeness (QED) is 0.185. The van der Waals surface area contributed by atoms with E-state index in [4.69, 9.17) is 0 Å². The van der Waals surface area contributed by atoms with Crippen LogP contribution in [0.2, 0.25) is 0 Å². The van der Waals surface area contributed by atoms with Crippen molar-refractivity contribution in [1.82, 2.24) is 0 Å². The molecule has 3 aromatic carbocycles. The maximum Gasteiger partial charge on any atom is 0.269 e. The summed E-state index contributed by atoms with van der Waals surface area (Å²) in [6, 6.07) is 22.3. The number of carbonyl (C=O) groups excluding carboxylic acids is 3. The van der Waals surface area contributed by atoms with Gasteiger partial charge in [0.1, 0.15) is 11.5 Å². The van der Waals surface area contributed by atoms with Crippen molar-refractivity contribution in [2.24, 2.45) is 5.92 Å². The van der Waals surface area contributed by atoms with Crippen molar-refractivity contribution in [1.29, 1.82) is 0 Å². The molecule has 0 unspecified atom stereocenters. The molecule has 4 heterocycles. The van der Waals surface area contributed by atoms with Crippen LogP contribution in [0.15, 0.2) is 96.4 Å². The lowest BCUT2D eigenvalue weighted by Gasteiger charge is -2.39. The lowest BCUT2D eigenvalue weighted by Crippen LogP contribution is -2.51. The standard InChI is InChI=1S/C32H23N3O5S/c1-18-17-26-32(22-8-3-4-9-23(22)33-31(32)38)27(30(37)25-11-6-16-41-25)28(34(26)24-10-5-2-7-21(18)24)29(36)19-12-14-20(15-13-19)35(39)40/h2-17,26-28H,1H3,(H,33,38)/t26-,27+,28+,32-/m0/s1. The summed E-state index contributed by atoms with van der Waals surface area (Å²) in [7, 11) is 0. The summed E-state index contributed by atoms with van der Waals surface area (Å²) in [5.41, 5.74) is 2.62. The van der Waals surface area contributed by atoms with Crippen LogP contribution in [0.25, 0.3) is 5.57 Å². The first-order chi connectivity index (χ1) is 19.8. The molecule has 8 nitrogen and oxygen atoms in total. The Morgan fingerprint density at radius 3 is 2.41 bits per heavy atom. The number of hydrogen-bond acceptors (Lipinski definition) is 7. The molecule has 0 aliphatic carbocycles. The van der Waals surface area contributed by atoms with E-state index in [0.29, 0.717) is 16.1 Å². The first-order valence-corrected chi connectivity index (χ1v) is 14.1. The van der Waals surface area contributed by atoms with Crippen molar-refractivity contribution in [2.75, 3.05) is 10.2 Å². The van der Waals surface area contributed by atoms with E-state index in [9.17, 15) is 24.5 Å². The molecule has 7 rings (SSSR count). The summed E-state index contributed by atoms with van der Waals surface area (Å²) in [5, 5.41) is 16.1. The van der Waals surface area contributed by atoms with Gasteiger partial charge in [-0.05, 0) is 53.8 Å². The van der Waals surface area contributed by atoms with Crippen LogP contribution in [0.4, 0.5) is 17.1 Å². The number of anilines is 2. The van der Waals surface area contributed by atoms with E-state index < -0.39 is 28.3 Å². The number of Topliss-reactive ketones (excluding diaryl/α,β-unsaturated/α-hetero) is 2. The molecule has 3 aliphatic heterocycles. The molecule has 1 N–H and O–H groups in total. The molecule has 4 aromatic rings. The highest BCUT2D eigenvalue weighted by Gasteiger charge is 2.70. The molecule has 1 fully saturated rings. The zero-order valence-electron chi connectivity index (χ0n) is 21.8. The average molecular weight is 562 g/mol. The number of para-hydroxylation sites is 2. The summed E-state index contributed by atoms with van der Waals surface area (Å²) in [4.78, 5) is 56.7. The Hall–Kier alpha value is -4.89. The van der Waals surface area contributed by atoms with Gasteiger partial charge in [0, 0.05) is 34.6 Å². The Balaban J connectivity index is 1.53. The zero-order valence-corrected chi connectivity index (χ0v) is 22.6. The van der Waals surface area contributed by atoms with E-state index >= 15 is 0 Å².